The van der Waals surface area contributed by atoms with Crippen molar-refractivity contribution >= 4 is 11.7 Å². The van der Waals surface area contributed by atoms with Crippen LogP contribution >= 0.6 is 0 Å². The highest BCUT2D eigenvalue weighted by atomic mass is 16.5. The smallest absolute Gasteiger partial charge is 0.274 e. The lowest BCUT2D eigenvalue weighted by Gasteiger charge is -2.35. The number of pyridine rings is 1. The Kier molecular flexibility index (Phi) is 4.97. The Morgan fingerprint density at radius 1 is 1.04 bits per heavy atom. The molecule has 1 amide bonds. The lowest BCUT2D eigenvalue weighted by molar-refractivity contribution is 0.0740. The maximum absolute atomic E-state index is 13.0. The number of hydrogen-bond acceptors (Lipinski definition) is 5. The van der Waals surface area contributed by atoms with Gasteiger partial charge in [-0.15, -0.1) is 0 Å². The van der Waals surface area contributed by atoms with Crippen molar-refractivity contribution in [2.45, 2.75) is 0 Å². The molecule has 28 heavy (non-hydrogen) atoms. The molecule has 0 unspecified atom stereocenters. The molecular formula is C21H23N5O2. The molecule has 0 bridgehead atoms. The maximum atomic E-state index is 13.0. The highest BCUT2D eigenvalue weighted by molar-refractivity contribution is 5.93. The van der Waals surface area contributed by atoms with Gasteiger partial charge >= 0.3 is 0 Å². The van der Waals surface area contributed by atoms with E-state index in [-0.39, 0.29) is 5.91 Å². The van der Waals surface area contributed by atoms with Crippen LogP contribution in [-0.4, -0.2) is 58.9 Å². The van der Waals surface area contributed by atoms with E-state index in [1.54, 1.807) is 18.0 Å². The fourth-order valence-electron chi connectivity index (χ4n) is 3.47. The zero-order valence-corrected chi connectivity index (χ0v) is 16.1. The Morgan fingerprint density at radius 2 is 1.86 bits per heavy atom. The van der Waals surface area contributed by atoms with Crippen LogP contribution < -0.4 is 9.64 Å². The molecule has 1 saturated heterocycles. The number of benzene rings is 1. The van der Waals surface area contributed by atoms with Gasteiger partial charge in [-0.05, 0) is 30.3 Å². The van der Waals surface area contributed by atoms with Crippen LogP contribution in [0, 0.1) is 0 Å². The third kappa shape index (κ3) is 3.55. The van der Waals surface area contributed by atoms with E-state index in [4.69, 9.17) is 4.74 Å². The molecule has 7 nitrogen and oxygen atoms in total. The first-order valence-electron chi connectivity index (χ1n) is 9.29. The molecule has 7 heteroatoms. The molecule has 1 fully saturated rings. The van der Waals surface area contributed by atoms with Gasteiger partial charge in [-0.3, -0.25) is 9.48 Å². The second-order valence-corrected chi connectivity index (χ2v) is 6.74. The van der Waals surface area contributed by atoms with E-state index in [1.165, 1.54) is 0 Å². The fourth-order valence-corrected chi connectivity index (χ4v) is 3.47. The molecule has 1 aliphatic rings. The molecule has 0 N–H and O–H groups in total. The Labute approximate surface area is 164 Å². The number of aryl methyl sites for hydroxylation is 1. The summed E-state index contributed by atoms with van der Waals surface area (Å²) in [5.74, 6) is 1.69. The quantitative estimate of drug-likeness (QED) is 0.699. The first kappa shape index (κ1) is 18.0. The van der Waals surface area contributed by atoms with Crippen molar-refractivity contribution in [2.24, 2.45) is 7.05 Å². The van der Waals surface area contributed by atoms with Crippen molar-refractivity contribution in [1.82, 2.24) is 19.7 Å². The summed E-state index contributed by atoms with van der Waals surface area (Å²) in [6.07, 6.45) is 1.79. The predicted octanol–water partition coefficient (Wildman–Crippen LogP) is 2.45. The summed E-state index contributed by atoms with van der Waals surface area (Å²) >= 11 is 0. The fraction of sp³-hybridized carbons (Fsp3) is 0.286. The topological polar surface area (TPSA) is 63.5 Å². The van der Waals surface area contributed by atoms with Gasteiger partial charge < -0.3 is 14.5 Å². The molecule has 1 aliphatic heterocycles. The molecule has 0 spiro atoms. The molecule has 2 aromatic heterocycles. The highest BCUT2D eigenvalue weighted by Crippen LogP contribution is 2.25. The Balaban J connectivity index is 1.47. The lowest BCUT2D eigenvalue weighted by atomic mass is 10.1. The van der Waals surface area contributed by atoms with E-state index in [0.29, 0.717) is 18.8 Å². The summed E-state index contributed by atoms with van der Waals surface area (Å²) in [6, 6.07) is 15.5. The normalized spacial score (nSPS) is 14.2. The number of hydrogen-bond donors (Lipinski definition) is 0. The minimum absolute atomic E-state index is 0.0367. The highest BCUT2D eigenvalue weighted by Gasteiger charge is 2.25. The van der Waals surface area contributed by atoms with Crippen molar-refractivity contribution in [1.29, 1.82) is 0 Å². The van der Waals surface area contributed by atoms with Crippen LogP contribution in [0.15, 0.2) is 54.7 Å². The van der Waals surface area contributed by atoms with Crippen molar-refractivity contribution in [3.8, 4) is 17.0 Å². The van der Waals surface area contributed by atoms with Crippen molar-refractivity contribution in [3.63, 3.8) is 0 Å². The van der Waals surface area contributed by atoms with Crippen molar-refractivity contribution < 1.29 is 9.53 Å². The number of methoxy groups -OCH3 is 1. The summed E-state index contributed by atoms with van der Waals surface area (Å²) in [6.45, 7) is 2.83. The molecule has 0 radical (unpaired) electrons. The first-order valence-corrected chi connectivity index (χ1v) is 9.29. The van der Waals surface area contributed by atoms with Crippen LogP contribution in [0.1, 0.15) is 10.5 Å². The summed E-state index contributed by atoms with van der Waals surface area (Å²) in [5, 5.41) is 4.45. The number of ether oxygens (including phenoxy) is 1. The van der Waals surface area contributed by atoms with E-state index in [0.717, 1.165) is 35.9 Å². The molecule has 144 valence electrons. The third-order valence-corrected chi connectivity index (χ3v) is 5.00. The van der Waals surface area contributed by atoms with Crippen molar-refractivity contribution in [2.75, 3.05) is 38.2 Å². The van der Waals surface area contributed by atoms with Gasteiger partial charge in [-0.25, -0.2) is 4.98 Å². The summed E-state index contributed by atoms with van der Waals surface area (Å²) in [7, 11) is 3.49. The minimum Gasteiger partial charge on any atom is -0.497 e. The summed E-state index contributed by atoms with van der Waals surface area (Å²) in [5.41, 5.74) is 2.31. The number of amides is 1. The van der Waals surface area contributed by atoms with Gasteiger partial charge in [-0.2, -0.15) is 5.10 Å². The van der Waals surface area contributed by atoms with Gasteiger partial charge in [-0.1, -0.05) is 18.2 Å². The standard InChI is InChI=1S/C21H23N5O2/c1-24-19(16-6-5-7-17(14-16)28-2)15-18(23-24)21(27)26-12-10-25(11-13-26)20-8-3-4-9-22-20/h3-9,14-15H,10-13H2,1-2H3. The average Bonchev–Trinajstić information content (AvgIpc) is 3.15. The van der Waals surface area contributed by atoms with Crippen LogP contribution in [-0.2, 0) is 7.05 Å². The van der Waals surface area contributed by atoms with E-state index in [1.807, 2.05) is 60.5 Å². The van der Waals surface area contributed by atoms with Gasteiger partial charge in [0, 0.05) is 45.0 Å². The Hall–Kier alpha value is -3.35. The third-order valence-electron chi connectivity index (χ3n) is 5.00. The van der Waals surface area contributed by atoms with Gasteiger partial charge in [0.1, 0.15) is 11.6 Å². The van der Waals surface area contributed by atoms with Crippen molar-refractivity contribution in [3.05, 3.63) is 60.4 Å². The molecule has 3 aromatic rings. The number of anilines is 1. The number of nitrogens with zero attached hydrogens (tertiary/aromatic N) is 5. The number of carbonyl (C=O) groups excluding carboxylic acids is 1. The van der Waals surface area contributed by atoms with Gasteiger partial charge in [0.25, 0.3) is 5.91 Å². The predicted molar refractivity (Wildman–Crippen MR) is 108 cm³/mol. The molecule has 3 heterocycles. The molecule has 0 saturated carbocycles. The molecular weight excluding hydrogens is 354 g/mol. The SMILES string of the molecule is COc1cccc(-c2cc(C(=O)N3CCN(c4ccccn4)CC3)nn2C)c1. The second kappa shape index (κ2) is 7.72. The molecule has 1 aromatic carbocycles. The van der Waals surface area contributed by atoms with Crippen LogP contribution in [0.5, 0.6) is 5.75 Å². The maximum Gasteiger partial charge on any atom is 0.274 e. The minimum atomic E-state index is -0.0367. The van der Waals surface area contributed by atoms with E-state index >= 15 is 0 Å². The van der Waals surface area contributed by atoms with Crippen LogP contribution in [0.25, 0.3) is 11.3 Å². The number of rotatable bonds is 4. The lowest BCUT2D eigenvalue weighted by Crippen LogP contribution is -2.49. The number of aromatic nitrogens is 3. The van der Waals surface area contributed by atoms with Crippen LogP contribution in [0.4, 0.5) is 5.82 Å². The van der Waals surface area contributed by atoms with Gasteiger partial charge in [0.05, 0.1) is 12.8 Å². The zero-order chi connectivity index (χ0) is 19.5. The van der Waals surface area contributed by atoms with Crippen LogP contribution in [0.2, 0.25) is 0 Å². The monoisotopic (exact) mass is 377 g/mol. The van der Waals surface area contributed by atoms with Crippen LogP contribution in [0.3, 0.4) is 0 Å². The number of carbonyl (C=O) groups is 1. The first-order chi connectivity index (χ1) is 13.7. The van der Waals surface area contributed by atoms with E-state index < -0.39 is 0 Å². The Morgan fingerprint density at radius 3 is 2.57 bits per heavy atom. The molecule has 0 atom stereocenters. The average molecular weight is 377 g/mol. The molecule has 0 aliphatic carbocycles. The van der Waals surface area contributed by atoms with E-state index in [9.17, 15) is 4.79 Å². The largest absolute Gasteiger partial charge is 0.497 e. The molecule has 4 rings (SSSR count). The summed E-state index contributed by atoms with van der Waals surface area (Å²) < 4.78 is 7.04. The van der Waals surface area contributed by atoms with Gasteiger partial charge in [0.2, 0.25) is 0 Å². The Bertz CT molecular complexity index is 962. The number of piperazine rings is 1. The zero-order valence-electron chi connectivity index (χ0n) is 16.1. The van der Waals surface area contributed by atoms with Gasteiger partial charge in [0.15, 0.2) is 5.69 Å². The summed E-state index contributed by atoms with van der Waals surface area (Å²) in [4.78, 5) is 21.4. The second-order valence-electron chi connectivity index (χ2n) is 6.74. The van der Waals surface area contributed by atoms with E-state index in [2.05, 4.69) is 15.0 Å².